The maximum absolute atomic E-state index is 13.4. The Balaban J connectivity index is 2.75. The van der Waals surface area contributed by atoms with Gasteiger partial charge in [0.25, 0.3) is 5.91 Å². The molecule has 0 bridgehead atoms. The summed E-state index contributed by atoms with van der Waals surface area (Å²) in [5.41, 5.74) is -0.0455. The number of hydrogen-bond donors (Lipinski definition) is 2. The van der Waals surface area contributed by atoms with Crippen LogP contribution in [0.15, 0.2) is 18.2 Å². The number of amides is 1. The minimum Gasteiger partial charge on any atom is -0.508 e. The van der Waals surface area contributed by atoms with Gasteiger partial charge in [-0.25, -0.2) is 4.39 Å². The number of rotatable bonds is 5. The molecule has 1 aromatic rings. The van der Waals surface area contributed by atoms with Crippen molar-refractivity contribution in [3.05, 3.63) is 29.6 Å². The lowest BCUT2D eigenvalue weighted by atomic mass is 10.1. The highest BCUT2D eigenvalue weighted by molar-refractivity contribution is 9.09. The van der Waals surface area contributed by atoms with Crippen molar-refractivity contribution in [2.24, 2.45) is 0 Å². The first kappa shape index (κ1) is 14.0. The highest BCUT2D eigenvalue weighted by Crippen LogP contribution is 2.15. The summed E-state index contributed by atoms with van der Waals surface area (Å²) in [5.74, 6) is -1.35. The number of carbonyl (C=O) groups excluding carboxylic acids is 1. The van der Waals surface area contributed by atoms with Crippen LogP contribution in [0.3, 0.4) is 0 Å². The van der Waals surface area contributed by atoms with E-state index in [-0.39, 0.29) is 17.4 Å². The van der Waals surface area contributed by atoms with Gasteiger partial charge in [-0.2, -0.15) is 0 Å². The lowest BCUT2D eigenvalue weighted by Gasteiger charge is -2.15. The quantitative estimate of drug-likeness (QED) is 0.822. The predicted octanol–water partition coefficient (Wildman–Crippen LogP) is 2.82. The molecular weight excluding hydrogens is 289 g/mol. The summed E-state index contributed by atoms with van der Waals surface area (Å²) in [7, 11) is 0. The molecule has 94 valence electrons. The summed E-state index contributed by atoms with van der Waals surface area (Å²) in [4.78, 5) is 11.8. The molecule has 1 atom stereocenters. The second-order valence-electron chi connectivity index (χ2n) is 3.72. The van der Waals surface area contributed by atoms with Crippen LogP contribution in [-0.4, -0.2) is 22.4 Å². The van der Waals surface area contributed by atoms with Gasteiger partial charge in [0.2, 0.25) is 0 Å². The zero-order chi connectivity index (χ0) is 12.8. The van der Waals surface area contributed by atoms with Crippen LogP contribution >= 0.6 is 15.9 Å². The van der Waals surface area contributed by atoms with Crippen LogP contribution in [0.4, 0.5) is 4.39 Å². The Hall–Kier alpha value is -1.10. The highest BCUT2D eigenvalue weighted by Gasteiger charge is 2.15. The lowest BCUT2D eigenvalue weighted by Crippen LogP contribution is -2.35. The number of phenols is 1. The second-order valence-corrected chi connectivity index (χ2v) is 4.51. The molecule has 3 nitrogen and oxygen atoms in total. The molecule has 0 aliphatic heterocycles. The van der Waals surface area contributed by atoms with Crippen LogP contribution in [0, 0.1) is 5.82 Å². The van der Waals surface area contributed by atoms with Gasteiger partial charge in [-0.1, -0.05) is 22.9 Å². The van der Waals surface area contributed by atoms with E-state index in [1.54, 1.807) is 0 Å². The van der Waals surface area contributed by atoms with Gasteiger partial charge in [-0.3, -0.25) is 4.79 Å². The van der Waals surface area contributed by atoms with E-state index in [1.807, 2.05) is 6.92 Å². The topological polar surface area (TPSA) is 49.3 Å². The molecule has 0 aliphatic rings. The maximum Gasteiger partial charge on any atom is 0.254 e. The van der Waals surface area contributed by atoms with Crippen molar-refractivity contribution in [1.82, 2.24) is 5.32 Å². The number of hydrogen-bond acceptors (Lipinski definition) is 2. The van der Waals surface area contributed by atoms with Gasteiger partial charge in [-0.15, -0.1) is 0 Å². The second kappa shape index (κ2) is 6.59. The zero-order valence-corrected chi connectivity index (χ0v) is 11.1. The van der Waals surface area contributed by atoms with Gasteiger partial charge in [0.15, 0.2) is 0 Å². The maximum atomic E-state index is 13.4. The van der Waals surface area contributed by atoms with Crippen LogP contribution in [0.5, 0.6) is 5.75 Å². The van der Waals surface area contributed by atoms with Crippen molar-refractivity contribution in [1.29, 1.82) is 0 Å². The summed E-state index contributed by atoms with van der Waals surface area (Å²) in [6.07, 6.45) is 1.58. The number of phenolic OH excluding ortho intramolecular Hbond substituents is 1. The molecule has 1 rings (SSSR count). The van der Waals surface area contributed by atoms with E-state index in [9.17, 15) is 9.18 Å². The van der Waals surface area contributed by atoms with Crippen LogP contribution in [0.2, 0.25) is 0 Å². The van der Waals surface area contributed by atoms with E-state index < -0.39 is 11.7 Å². The smallest absolute Gasteiger partial charge is 0.254 e. The molecule has 0 radical (unpaired) electrons. The first-order chi connectivity index (χ1) is 8.08. The van der Waals surface area contributed by atoms with Crippen molar-refractivity contribution < 1.29 is 14.3 Å². The van der Waals surface area contributed by atoms with Crippen molar-refractivity contribution in [2.75, 3.05) is 5.33 Å². The normalized spacial score (nSPS) is 12.2. The van der Waals surface area contributed by atoms with E-state index in [1.165, 1.54) is 12.1 Å². The van der Waals surface area contributed by atoms with Gasteiger partial charge in [0.1, 0.15) is 11.6 Å². The zero-order valence-electron chi connectivity index (χ0n) is 9.54. The third-order valence-corrected chi connectivity index (χ3v) is 2.94. The Morgan fingerprint density at radius 2 is 2.29 bits per heavy atom. The molecule has 5 heteroatoms. The molecular formula is C12H15BrFNO2. The number of halogens is 2. The van der Waals surface area contributed by atoms with Gasteiger partial charge >= 0.3 is 0 Å². The van der Waals surface area contributed by atoms with E-state index in [4.69, 9.17) is 5.11 Å². The fourth-order valence-corrected chi connectivity index (χ4v) is 2.01. The molecule has 17 heavy (non-hydrogen) atoms. The van der Waals surface area contributed by atoms with E-state index in [0.717, 1.165) is 24.2 Å². The highest BCUT2D eigenvalue weighted by atomic mass is 79.9. The van der Waals surface area contributed by atoms with Crippen molar-refractivity contribution in [3.63, 3.8) is 0 Å². The minimum absolute atomic E-state index is 0.0232. The summed E-state index contributed by atoms with van der Waals surface area (Å²) in [5, 5.41) is 12.6. The van der Waals surface area contributed by atoms with Crippen LogP contribution in [0.25, 0.3) is 0 Å². The Morgan fingerprint density at radius 3 is 2.82 bits per heavy atom. The summed E-state index contributed by atoms with van der Waals surface area (Å²) >= 11 is 3.30. The number of carbonyl (C=O) groups is 1. The average molecular weight is 304 g/mol. The van der Waals surface area contributed by atoms with Gasteiger partial charge in [0.05, 0.1) is 5.56 Å². The molecule has 2 N–H and O–H groups in total. The fraction of sp³-hybridized carbons (Fsp3) is 0.417. The number of nitrogens with one attached hydrogen (secondary N) is 1. The molecule has 0 aromatic heterocycles. The summed E-state index contributed by atoms with van der Waals surface area (Å²) in [6, 6.07) is 3.53. The molecule has 0 heterocycles. The van der Waals surface area contributed by atoms with Crippen molar-refractivity contribution >= 4 is 21.8 Å². The molecule has 0 saturated carbocycles. The first-order valence-electron chi connectivity index (χ1n) is 5.43. The molecule has 1 unspecified atom stereocenters. The van der Waals surface area contributed by atoms with Gasteiger partial charge in [0, 0.05) is 17.4 Å². The fourth-order valence-electron chi connectivity index (χ4n) is 1.46. The summed E-state index contributed by atoms with van der Waals surface area (Å²) in [6.45, 7) is 1.96. The monoisotopic (exact) mass is 303 g/mol. The summed E-state index contributed by atoms with van der Waals surface area (Å²) < 4.78 is 13.4. The Labute approximate surface area is 108 Å². The molecule has 0 saturated heterocycles. The number of aromatic hydroxyl groups is 1. The van der Waals surface area contributed by atoms with Gasteiger partial charge in [-0.05, 0) is 25.0 Å². The molecule has 0 spiro atoms. The predicted molar refractivity (Wildman–Crippen MR) is 68.0 cm³/mol. The molecule has 0 fully saturated rings. The largest absolute Gasteiger partial charge is 0.508 e. The third kappa shape index (κ3) is 4.00. The lowest BCUT2D eigenvalue weighted by molar-refractivity contribution is 0.0931. The van der Waals surface area contributed by atoms with Crippen LogP contribution in [0.1, 0.15) is 30.1 Å². The molecule has 1 amide bonds. The third-order valence-electron chi connectivity index (χ3n) is 2.48. The minimum atomic E-state index is -0.712. The molecule has 0 aliphatic carbocycles. The SMILES string of the molecule is CCC(CCBr)NC(=O)c1ccc(O)cc1F. The van der Waals surface area contributed by atoms with Crippen LogP contribution < -0.4 is 5.32 Å². The van der Waals surface area contributed by atoms with Crippen LogP contribution in [-0.2, 0) is 0 Å². The Bertz CT molecular complexity index is 398. The number of benzene rings is 1. The number of alkyl halides is 1. The standard InChI is InChI=1S/C12H15BrFNO2/c1-2-8(5-6-13)15-12(17)10-4-3-9(16)7-11(10)14/h3-4,7-8,16H,2,5-6H2,1H3,(H,15,17). The average Bonchev–Trinajstić information content (AvgIpc) is 2.28. The van der Waals surface area contributed by atoms with Gasteiger partial charge < -0.3 is 10.4 Å². The Kier molecular flexibility index (Phi) is 5.41. The van der Waals surface area contributed by atoms with Crippen molar-refractivity contribution in [2.45, 2.75) is 25.8 Å². The van der Waals surface area contributed by atoms with E-state index in [0.29, 0.717) is 0 Å². The van der Waals surface area contributed by atoms with E-state index >= 15 is 0 Å². The van der Waals surface area contributed by atoms with E-state index in [2.05, 4.69) is 21.2 Å². The van der Waals surface area contributed by atoms with Crippen molar-refractivity contribution in [3.8, 4) is 5.75 Å². The Morgan fingerprint density at radius 1 is 1.59 bits per heavy atom. The molecule has 1 aromatic carbocycles. The first-order valence-corrected chi connectivity index (χ1v) is 6.56.